The molecule has 0 aromatic heterocycles. The van der Waals surface area contributed by atoms with Crippen LogP contribution in [0, 0.1) is 11.8 Å². The molecule has 12 heavy (non-hydrogen) atoms. The molecule has 1 aliphatic rings. The van der Waals surface area contributed by atoms with E-state index in [1.54, 1.807) is 6.92 Å². The zero-order valence-corrected chi connectivity index (χ0v) is 7.79. The summed E-state index contributed by atoms with van der Waals surface area (Å²) in [7, 11) is 2.00. The molecule has 0 radical (unpaired) electrons. The van der Waals surface area contributed by atoms with Crippen LogP contribution < -0.4 is 0 Å². The summed E-state index contributed by atoms with van der Waals surface area (Å²) in [6, 6.07) is 0. The van der Waals surface area contributed by atoms with E-state index in [1.807, 2.05) is 7.05 Å². The highest BCUT2D eigenvalue weighted by Gasteiger charge is 2.24. The SMILES string of the molecule is CC(CN(C)CC1CC1)C(=O)O. The van der Waals surface area contributed by atoms with Gasteiger partial charge in [0.2, 0.25) is 0 Å². The summed E-state index contributed by atoms with van der Waals surface area (Å²) in [5, 5.41) is 8.65. The van der Waals surface area contributed by atoms with Gasteiger partial charge in [-0.15, -0.1) is 0 Å². The molecule has 0 aromatic carbocycles. The zero-order valence-electron chi connectivity index (χ0n) is 7.79. The van der Waals surface area contributed by atoms with E-state index in [2.05, 4.69) is 4.90 Å². The maximum Gasteiger partial charge on any atom is 0.307 e. The minimum atomic E-state index is -0.697. The molecule has 0 aliphatic heterocycles. The van der Waals surface area contributed by atoms with E-state index in [0.29, 0.717) is 6.54 Å². The molecular formula is C9H17NO2. The minimum Gasteiger partial charge on any atom is -0.481 e. The number of carboxylic acid groups (broad SMARTS) is 1. The molecule has 1 N–H and O–H groups in total. The molecular weight excluding hydrogens is 154 g/mol. The standard InChI is InChI=1S/C9H17NO2/c1-7(9(11)12)5-10(2)6-8-3-4-8/h7-8H,3-6H2,1-2H3,(H,11,12). The fourth-order valence-corrected chi connectivity index (χ4v) is 1.36. The number of hydrogen-bond acceptors (Lipinski definition) is 2. The minimum absolute atomic E-state index is 0.242. The van der Waals surface area contributed by atoms with Gasteiger partial charge in [-0.1, -0.05) is 6.92 Å². The third kappa shape index (κ3) is 3.22. The Balaban J connectivity index is 2.14. The lowest BCUT2D eigenvalue weighted by Gasteiger charge is -2.18. The van der Waals surface area contributed by atoms with E-state index < -0.39 is 5.97 Å². The average molecular weight is 171 g/mol. The van der Waals surface area contributed by atoms with Gasteiger partial charge in [-0.3, -0.25) is 4.79 Å². The van der Waals surface area contributed by atoms with Gasteiger partial charge in [0.25, 0.3) is 0 Å². The van der Waals surface area contributed by atoms with Crippen molar-refractivity contribution in [2.45, 2.75) is 19.8 Å². The van der Waals surface area contributed by atoms with E-state index >= 15 is 0 Å². The Morgan fingerprint density at radius 1 is 1.67 bits per heavy atom. The number of aliphatic carboxylic acids is 1. The van der Waals surface area contributed by atoms with Gasteiger partial charge in [0.1, 0.15) is 0 Å². The van der Waals surface area contributed by atoms with Gasteiger partial charge in [-0.2, -0.15) is 0 Å². The molecule has 3 heteroatoms. The second kappa shape index (κ2) is 3.90. The molecule has 0 spiro atoms. The van der Waals surface area contributed by atoms with E-state index in [4.69, 9.17) is 5.11 Å². The van der Waals surface area contributed by atoms with Crippen LogP contribution in [0.3, 0.4) is 0 Å². The van der Waals surface area contributed by atoms with E-state index in [0.717, 1.165) is 12.5 Å². The van der Waals surface area contributed by atoms with Gasteiger partial charge in [0.15, 0.2) is 0 Å². The van der Waals surface area contributed by atoms with E-state index in [9.17, 15) is 4.79 Å². The van der Waals surface area contributed by atoms with Gasteiger partial charge in [0, 0.05) is 13.1 Å². The maximum atomic E-state index is 10.5. The van der Waals surface area contributed by atoms with Crippen LogP contribution in [0.4, 0.5) is 0 Å². The van der Waals surface area contributed by atoms with Crippen molar-refractivity contribution in [3.05, 3.63) is 0 Å². The summed E-state index contributed by atoms with van der Waals surface area (Å²) in [5.41, 5.74) is 0. The Hall–Kier alpha value is -0.570. The van der Waals surface area contributed by atoms with Crippen molar-refractivity contribution in [1.29, 1.82) is 0 Å². The van der Waals surface area contributed by atoms with Crippen LogP contribution in [0.1, 0.15) is 19.8 Å². The first-order chi connectivity index (χ1) is 5.59. The van der Waals surface area contributed by atoms with Gasteiger partial charge in [-0.25, -0.2) is 0 Å². The normalized spacial score (nSPS) is 19.6. The molecule has 1 unspecified atom stereocenters. The van der Waals surface area contributed by atoms with Gasteiger partial charge < -0.3 is 10.0 Å². The van der Waals surface area contributed by atoms with Crippen LogP contribution >= 0.6 is 0 Å². The van der Waals surface area contributed by atoms with Gasteiger partial charge >= 0.3 is 5.97 Å². The predicted octanol–water partition coefficient (Wildman–Crippen LogP) is 1.05. The van der Waals surface area contributed by atoms with Crippen LogP contribution in [-0.4, -0.2) is 36.1 Å². The Morgan fingerprint density at radius 3 is 2.67 bits per heavy atom. The first-order valence-corrected chi connectivity index (χ1v) is 4.51. The number of carboxylic acids is 1. The van der Waals surface area contributed by atoms with Crippen molar-refractivity contribution >= 4 is 5.97 Å². The molecule has 70 valence electrons. The summed E-state index contributed by atoms with van der Waals surface area (Å²) < 4.78 is 0. The molecule has 1 fully saturated rings. The number of rotatable bonds is 5. The van der Waals surface area contributed by atoms with E-state index in [-0.39, 0.29) is 5.92 Å². The summed E-state index contributed by atoms with van der Waals surface area (Å²) in [4.78, 5) is 12.6. The summed E-state index contributed by atoms with van der Waals surface area (Å²) in [5.74, 6) is -0.0950. The second-order valence-corrected chi connectivity index (χ2v) is 3.90. The Kier molecular flexibility index (Phi) is 3.09. The molecule has 1 aliphatic carbocycles. The Labute approximate surface area is 73.4 Å². The van der Waals surface area contributed by atoms with Crippen molar-refractivity contribution in [2.75, 3.05) is 20.1 Å². The number of nitrogens with zero attached hydrogens (tertiary/aromatic N) is 1. The number of carbonyl (C=O) groups is 1. The van der Waals surface area contributed by atoms with Crippen molar-refractivity contribution in [3.63, 3.8) is 0 Å². The fraction of sp³-hybridized carbons (Fsp3) is 0.889. The summed E-state index contributed by atoms with van der Waals surface area (Å²) in [6.45, 7) is 3.50. The third-order valence-corrected chi connectivity index (χ3v) is 2.27. The molecule has 1 saturated carbocycles. The Morgan fingerprint density at radius 2 is 2.25 bits per heavy atom. The van der Waals surface area contributed by atoms with Crippen LogP contribution in [0.25, 0.3) is 0 Å². The molecule has 0 aromatic rings. The van der Waals surface area contributed by atoms with Crippen molar-refractivity contribution in [1.82, 2.24) is 4.90 Å². The molecule has 1 rings (SSSR count). The molecule has 0 heterocycles. The predicted molar refractivity (Wildman–Crippen MR) is 47.0 cm³/mol. The lowest BCUT2D eigenvalue weighted by atomic mass is 10.2. The first-order valence-electron chi connectivity index (χ1n) is 4.51. The van der Waals surface area contributed by atoms with Crippen molar-refractivity contribution < 1.29 is 9.90 Å². The largest absolute Gasteiger partial charge is 0.481 e. The van der Waals surface area contributed by atoms with Gasteiger partial charge in [-0.05, 0) is 25.8 Å². The monoisotopic (exact) mass is 171 g/mol. The molecule has 0 amide bonds. The number of hydrogen-bond donors (Lipinski definition) is 1. The zero-order chi connectivity index (χ0) is 9.14. The topological polar surface area (TPSA) is 40.5 Å². The molecule has 1 atom stereocenters. The highest BCUT2D eigenvalue weighted by molar-refractivity contribution is 5.69. The second-order valence-electron chi connectivity index (χ2n) is 3.90. The molecule has 3 nitrogen and oxygen atoms in total. The molecule has 0 bridgehead atoms. The summed E-state index contributed by atoms with van der Waals surface area (Å²) >= 11 is 0. The lowest BCUT2D eigenvalue weighted by molar-refractivity contribution is -0.141. The highest BCUT2D eigenvalue weighted by atomic mass is 16.4. The van der Waals surface area contributed by atoms with Gasteiger partial charge in [0.05, 0.1) is 5.92 Å². The third-order valence-electron chi connectivity index (χ3n) is 2.27. The van der Waals surface area contributed by atoms with Crippen LogP contribution in [-0.2, 0) is 4.79 Å². The maximum absolute atomic E-state index is 10.5. The lowest BCUT2D eigenvalue weighted by Crippen LogP contribution is -2.30. The van der Waals surface area contributed by atoms with Crippen LogP contribution in [0.5, 0.6) is 0 Å². The first kappa shape index (κ1) is 9.52. The van der Waals surface area contributed by atoms with E-state index in [1.165, 1.54) is 12.8 Å². The molecule has 0 saturated heterocycles. The van der Waals surface area contributed by atoms with Crippen molar-refractivity contribution in [2.24, 2.45) is 11.8 Å². The fourth-order valence-electron chi connectivity index (χ4n) is 1.36. The average Bonchev–Trinajstić information content (AvgIpc) is 2.71. The quantitative estimate of drug-likeness (QED) is 0.672. The smallest absolute Gasteiger partial charge is 0.307 e. The highest BCUT2D eigenvalue weighted by Crippen LogP contribution is 2.29. The van der Waals surface area contributed by atoms with Crippen LogP contribution in [0.2, 0.25) is 0 Å². The Bertz CT molecular complexity index is 166. The van der Waals surface area contributed by atoms with Crippen LogP contribution in [0.15, 0.2) is 0 Å². The van der Waals surface area contributed by atoms with Crippen molar-refractivity contribution in [3.8, 4) is 0 Å². The summed E-state index contributed by atoms with van der Waals surface area (Å²) in [6.07, 6.45) is 2.65.